The van der Waals surface area contributed by atoms with Crippen molar-refractivity contribution in [2.45, 2.75) is 19.3 Å². The van der Waals surface area contributed by atoms with Crippen LogP contribution in [0.2, 0.25) is 5.02 Å². The molecule has 100 valence electrons. The van der Waals surface area contributed by atoms with Gasteiger partial charge in [-0.25, -0.2) is 0 Å². The lowest BCUT2D eigenvalue weighted by Crippen LogP contribution is -2.07. The summed E-state index contributed by atoms with van der Waals surface area (Å²) in [7, 11) is 1.30. The number of hydrogen-bond donors (Lipinski definition) is 0. The van der Waals surface area contributed by atoms with Gasteiger partial charge in [-0.1, -0.05) is 11.6 Å². The first-order valence-electron chi connectivity index (χ1n) is 5.85. The molecule has 0 amide bonds. The van der Waals surface area contributed by atoms with Crippen LogP contribution < -0.4 is 0 Å². The molecular weight excluding hydrogens is 268 g/mol. The molecule has 0 bridgehead atoms. The third kappa shape index (κ3) is 3.58. The maximum atomic E-state index is 11.7. The quantitative estimate of drug-likeness (QED) is 0.790. The number of ketones is 1. The molecule has 4 nitrogen and oxygen atoms in total. The van der Waals surface area contributed by atoms with Crippen LogP contribution in [0.25, 0.3) is 11.0 Å². The summed E-state index contributed by atoms with van der Waals surface area (Å²) < 4.78 is 10.0. The van der Waals surface area contributed by atoms with Crippen molar-refractivity contribution in [2.75, 3.05) is 7.11 Å². The molecule has 0 fully saturated rings. The van der Waals surface area contributed by atoms with E-state index in [1.54, 1.807) is 24.3 Å². The number of Topliss-reactive ketones (excluding diaryl/α,β-unsaturated/α-hetero) is 1. The van der Waals surface area contributed by atoms with Gasteiger partial charge in [-0.05, 0) is 24.3 Å². The molecule has 0 saturated carbocycles. The zero-order valence-corrected chi connectivity index (χ0v) is 11.2. The van der Waals surface area contributed by atoms with Crippen LogP contribution in [0.1, 0.15) is 18.6 Å². The summed E-state index contributed by atoms with van der Waals surface area (Å²) in [4.78, 5) is 22.6. The fourth-order valence-electron chi connectivity index (χ4n) is 1.78. The van der Waals surface area contributed by atoms with Crippen LogP contribution in [0.4, 0.5) is 0 Å². The molecule has 2 rings (SSSR count). The highest BCUT2D eigenvalue weighted by Crippen LogP contribution is 2.23. The summed E-state index contributed by atoms with van der Waals surface area (Å²) >= 11 is 5.87. The second kappa shape index (κ2) is 5.89. The first-order chi connectivity index (χ1) is 9.08. The summed E-state index contributed by atoms with van der Waals surface area (Å²) in [6, 6.07) is 7.07. The van der Waals surface area contributed by atoms with Gasteiger partial charge in [0.25, 0.3) is 0 Å². The van der Waals surface area contributed by atoms with Crippen LogP contribution in [0.15, 0.2) is 28.7 Å². The standard InChI is InChI=1S/C14H13ClO4/c1-18-14(17)5-3-11(16)8-12-7-9-6-10(15)2-4-13(9)19-12/h2,4,6-7H,3,5,8H2,1H3. The molecule has 0 saturated heterocycles. The summed E-state index contributed by atoms with van der Waals surface area (Å²) in [6.45, 7) is 0. The van der Waals surface area contributed by atoms with E-state index in [1.807, 2.05) is 0 Å². The summed E-state index contributed by atoms with van der Waals surface area (Å²) in [6.07, 6.45) is 0.426. The average Bonchev–Trinajstić information content (AvgIpc) is 2.77. The van der Waals surface area contributed by atoms with Crippen LogP contribution in [0, 0.1) is 0 Å². The van der Waals surface area contributed by atoms with Gasteiger partial charge in [0.15, 0.2) is 0 Å². The van der Waals surface area contributed by atoms with Crippen LogP contribution in [0.3, 0.4) is 0 Å². The normalized spacial score (nSPS) is 10.6. The van der Waals surface area contributed by atoms with Crippen molar-refractivity contribution < 1.29 is 18.7 Å². The predicted octanol–water partition coefficient (Wildman–Crippen LogP) is 3.15. The number of esters is 1. The maximum absolute atomic E-state index is 11.7. The van der Waals surface area contributed by atoms with Crippen LogP contribution in [-0.2, 0) is 20.7 Å². The number of hydrogen-bond acceptors (Lipinski definition) is 4. The van der Waals surface area contributed by atoms with Crippen molar-refractivity contribution in [2.24, 2.45) is 0 Å². The molecule has 5 heteroatoms. The van der Waals surface area contributed by atoms with Crippen LogP contribution in [-0.4, -0.2) is 18.9 Å². The van der Waals surface area contributed by atoms with E-state index in [9.17, 15) is 9.59 Å². The van der Waals surface area contributed by atoms with Gasteiger partial charge in [0.05, 0.1) is 20.0 Å². The molecule has 0 aliphatic heterocycles. The first kappa shape index (κ1) is 13.6. The van der Waals surface area contributed by atoms with E-state index in [4.69, 9.17) is 16.0 Å². The Morgan fingerprint density at radius 1 is 1.26 bits per heavy atom. The molecule has 0 atom stereocenters. The Morgan fingerprint density at radius 3 is 2.79 bits per heavy atom. The highest BCUT2D eigenvalue weighted by atomic mass is 35.5. The van der Waals surface area contributed by atoms with Gasteiger partial charge >= 0.3 is 5.97 Å². The number of methoxy groups -OCH3 is 1. The van der Waals surface area contributed by atoms with Gasteiger partial charge in [0.1, 0.15) is 17.1 Å². The number of carbonyl (C=O) groups is 2. The number of carbonyl (C=O) groups excluding carboxylic acids is 2. The number of fused-ring (bicyclic) bond motifs is 1. The van der Waals surface area contributed by atoms with E-state index in [1.165, 1.54) is 7.11 Å². The Balaban J connectivity index is 2.01. The van der Waals surface area contributed by atoms with Gasteiger partial charge in [-0.15, -0.1) is 0 Å². The van der Waals surface area contributed by atoms with Gasteiger partial charge in [-0.2, -0.15) is 0 Å². The summed E-state index contributed by atoms with van der Waals surface area (Å²) in [5.74, 6) is 0.132. The fourth-order valence-corrected chi connectivity index (χ4v) is 1.96. The molecule has 0 unspecified atom stereocenters. The highest BCUT2D eigenvalue weighted by molar-refractivity contribution is 6.31. The highest BCUT2D eigenvalue weighted by Gasteiger charge is 2.11. The third-order valence-corrected chi connectivity index (χ3v) is 2.97. The van der Waals surface area contributed by atoms with E-state index in [-0.39, 0.29) is 31.0 Å². The molecule has 0 N–H and O–H groups in total. The first-order valence-corrected chi connectivity index (χ1v) is 6.23. The minimum atomic E-state index is -0.385. The topological polar surface area (TPSA) is 56.5 Å². The zero-order valence-electron chi connectivity index (χ0n) is 10.4. The summed E-state index contributed by atoms with van der Waals surface area (Å²) in [5, 5.41) is 1.49. The molecule has 2 aromatic rings. The molecule has 0 aliphatic carbocycles. The second-order valence-corrected chi connectivity index (χ2v) is 4.62. The van der Waals surface area contributed by atoms with E-state index < -0.39 is 0 Å². The molecule has 1 aromatic heterocycles. The Labute approximate surface area is 115 Å². The van der Waals surface area contributed by atoms with Crippen LogP contribution in [0.5, 0.6) is 0 Å². The minimum absolute atomic E-state index is 0.0597. The lowest BCUT2D eigenvalue weighted by atomic mass is 10.1. The molecule has 0 aliphatic rings. The van der Waals surface area contributed by atoms with E-state index in [0.29, 0.717) is 16.4 Å². The largest absolute Gasteiger partial charge is 0.469 e. The van der Waals surface area contributed by atoms with Crippen molar-refractivity contribution in [3.05, 3.63) is 35.0 Å². The number of ether oxygens (including phenoxy) is 1. The third-order valence-electron chi connectivity index (χ3n) is 2.74. The van der Waals surface area contributed by atoms with Crippen molar-refractivity contribution >= 4 is 34.3 Å². The SMILES string of the molecule is COC(=O)CCC(=O)Cc1cc2cc(Cl)ccc2o1. The van der Waals surface area contributed by atoms with Gasteiger partial charge in [-0.3, -0.25) is 9.59 Å². The van der Waals surface area contributed by atoms with Gasteiger partial charge < -0.3 is 9.15 Å². The molecule has 0 radical (unpaired) electrons. The molecule has 1 aromatic carbocycles. The Bertz CT molecular complexity index is 615. The lowest BCUT2D eigenvalue weighted by molar-refractivity contribution is -0.141. The van der Waals surface area contributed by atoms with Crippen LogP contribution >= 0.6 is 11.6 Å². The molecule has 19 heavy (non-hydrogen) atoms. The predicted molar refractivity (Wildman–Crippen MR) is 71.2 cm³/mol. The monoisotopic (exact) mass is 280 g/mol. The zero-order chi connectivity index (χ0) is 13.8. The number of benzene rings is 1. The van der Waals surface area contributed by atoms with Crippen molar-refractivity contribution in [1.82, 2.24) is 0 Å². The molecule has 1 heterocycles. The Hall–Kier alpha value is -1.81. The van der Waals surface area contributed by atoms with E-state index >= 15 is 0 Å². The minimum Gasteiger partial charge on any atom is -0.469 e. The molecular formula is C14H13ClO4. The lowest BCUT2D eigenvalue weighted by Gasteiger charge is -1.98. The fraction of sp³-hybridized carbons (Fsp3) is 0.286. The van der Waals surface area contributed by atoms with E-state index in [0.717, 1.165) is 5.39 Å². The maximum Gasteiger partial charge on any atom is 0.305 e. The van der Waals surface area contributed by atoms with Crippen molar-refractivity contribution in [1.29, 1.82) is 0 Å². The molecule has 0 spiro atoms. The Morgan fingerprint density at radius 2 is 2.05 bits per heavy atom. The number of furan rings is 1. The van der Waals surface area contributed by atoms with E-state index in [2.05, 4.69) is 4.74 Å². The smallest absolute Gasteiger partial charge is 0.305 e. The van der Waals surface area contributed by atoms with Gasteiger partial charge in [0, 0.05) is 16.8 Å². The van der Waals surface area contributed by atoms with Crippen molar-refractivity contribution in [3.63, 3.8) is 0 Å². The van der Waals surface area contributed by atoms with Crippen molar-refractivity contribution in [3.8, 4) is 0 Å². The number of halogens is 1. The number of rotatable bonds is 5. The second-order valence-electron chi connectivity index (χ2n) is 4.19. The summed E-state index contributed by atoms with van der Waals surface area (Å²) in [5.41, 5.74) is 0.695. The average molecular weight is 281 g/mol. The van der Waals surface area contributed by atoms with Gasteiger partial charge in [0.2, 0.25) is 0 Å². The Kier molecular flexibility index (Phi) is 4.22.